The van der Waals surface area contributed by atoms with Crippen molar-refractivity contribution in [1.29, 1.82) is 0 Å². The Kier molecular flexibility index (Phi) is 4.38. The molecular formula is C19H19N5OS. The van der Waals surface area contributed by atoms with Gasteiger partial charge >= 0.3 is 0 Å². The molecule has 26 heavy (non-hydrogen) atoms. The summed E-state index contributed by atoms with van der Waals surface area (Å²) in [6, 6.07) is 15.8. The number of hydrogen-bond acceptors (Lipinski definition) is 4. The molecule has 0 fully saturated rings. The number of carbonyl (C=O) groups excluding carboxylic acids is 1. The Morgan fingerprint density at radius 1 is 1.23 bits per heavy atom. The molecule has 0 bridgehead atoms. The van der Waals surface area contributed by atoms with Gasteiger partial charge in [-0.15, -0.1) is 5.10 Å². The van der Waals surface area contributed by atoms with Gasteiger partial charge in [-0.05, 0) is 35.7 Å². The summed E-state index contributed by atoms with van der Waals surface area (Å²) in [4.78, 5) is 16.8. The van der Waals surface area contributed by atoms with Crippen LogP contribution in [0.5, 0.6) is 0 Å². The maximum absolute atomic E-state index is 12.3. The molecule has 0 aliphatic rings. The van der Waals surface area contributed by atoms with Gasteiger partial charge < -0.3 is 5.32 Å². The largest absolute Gasteiger partial charge is 0.325 e. The lowest BCUT2D eigenvalue weighted by Gasteiger charge is -2.09. The smallest absolute Gasteiger partial charge is 0.234 e. The molecule has 0 radical (unpaired) electrons. The summed E-state index contributed by atoms with van der Waals surface area (Å²) in [6.07, 6.45) is 0. The molecule has 2 aromatic carbocycles. The average molecular weight is 365 g/mol. The summed E-state index contributed by atoms with van der Waals surface area (Å²) in [5.74, 6) is 1.32. The maximum Gasteiger partial charge on any atom is 0.234 e. The van der Waals surface area contributed by atoms with Crippen LogP contribution in [0.4, 0.5) is 5.69 Å². The summed E-state index contributed by atoms with van der Waals surface area (Å²) in [5, 5.41) is 10.9. The van der Waals surface area contributed by atoms with E-state index in [4.69, 9.17) is 0 Å². The molecular weight excluding hydrogens is 346 g/mol. The minimum atomic E-state index is -0.0588. The first-order chi connectivity index (χ1) is 12.6. The lowest BCUT2D eigenvalue weighted by molar-refractivity contribution is -0.113. The second-order valence-corrected chi connectivity index (χ2v) is 7.33. The number of fused-ring (bicyclic) bond motifs is 3. The number of anilines is 1. The Hall–Kier alpha value is -2.80. The zero-order valence-electron chi connectivity index (χ0n) is 14.6. The molecule has 4 aromatic rings. The highest BCUT2D eigenvalue weighted by Gasteiger charge is 2.13. The van der Waals surface area contributed by atoms with Gasteiger partial charge in [-0.1, -0.05) is 49.9 Å². The fourth-order valence-electron chi connectivity index (χ4n) is 2.84. The highest BCUT2D eigenvalue weighted by molar-refractivity contribution is 7.99. The zero-order valence-corrected chi connectivity index (χ0v) is 15.4. The van der Waals surface area contributed by atoms with Crippen LogP contribution in [-0.4, -0.2) is 31.2 Å². The Morgan fingerprint density at radius 2 is 2.08 bits per heavy atom. The molecule has 0 aliphatic heterocycles. The molecule has 6 nitrogen and oxygen atoms in total. The van der Waals surface area contributed by atoms with Gasteiger partial charge in [0.15, 0.2) is 5.16 Å². The van der Waals surface area contributed by atoms with Gasteiger partial charge in [0, 0.05) is 5.69 Å². The number of aromatic amines is 1. The number of nitrogens with zero attached hydrogens (tertiary/aromatic N) is 3. The van der Waals surface area contributed by atoms with Crippen molar-refractivity contribution < 1.29 is 4.79 Å². The third-order valence-corrected chi connectivity index (χ3v) is 5.11. The van der Waals surface area contributed by atoms with Crippen LogP contribution in [0.3, 0.4) is 0 Å². The second kappa shape index (κ2) is 6.84. The normalized spacial score (nSPS) is 11.5. The molecule has 0 saturated carbocycles. The van der Waals surface area contributed by atoms with E-state index in [1.54, 1.807) is 0 Å². The van der Waals surface area contributed by atoms with Gasteiger partial charge in [0.25, 0.3) is 0 Å². The summed E-state index contributed by atoms with van der Waals surface area (Å²) in [5.41, 5.74) is 3.90. The Morgan fingerprint density at radius 3 is 2.92 bits per heavy atom. The first kappa shape index (κ1) is 16.7. The number of H-pyrrole nitrogens is 1. The maximum atomic E-state index is 12.3. The van der Waals surface area contributed by atoms with Gasteiger partial charge in [-0.3, -0.25) is 9.20 Å². The van der Waals surface area contributed by atoms with Crippen molar-refractivity contribution in [1.82, 2.24) is 19.6 Å². The van der Waals surface area contributed by atoms with E-state index in [1.807, 2.05) is 46.9 Å². The average Bonchev–Trinajstić information content (AvgIpc) is 3.19. The van der Waals surface area contributed by atoms with Crippen molar-refractivity contribution in [3.63, 3.8) is 0 Å². The van der Waals surface area contributed by atoms with E-state index >= 15 is 0 Å². The number of aromatic nitrogens is 4. The number of rotatable bonds is 5. The number of para-hydroxylation sites is 2. The van der Waals surface area contributed by atoms with Crippen molar-refractivity contribution in [2.24, 2.45) is 0 Å². The molecule has 2 N–H and O–H groups in total. The summed E-state index contributed by atoms with van der Waals surface area (Å²) in [6.45, 7) is 4.27. The van der Waals surface area contributed by atoms with Gasteiger partial charge in [0.05, 0.1) is 16.8 Å². The fourth-order valence-corrected chi connectivity index (χ4v) is 3.60. The lowest BCUT2D eigenvalue weighted by Crippen LogP contribution is -2.14. The summed E-state index contributed by atoms with van der Waals surface area (Å²) >= 11 is 1.38. The topological polar surface area (TPSA) is 75.1 Å². The third kappa shape index (κ3) is 3.17. The van der Waals surface area contributed by atoms with Crippen LogP contribution in [0, 0.1) is 0 Å². The molecule has 132 valence electrons. The first-order valence-electron chi connectivity index (χ1n) is 8.46. The standard InChI is InChI=1S/C19H19N5OS/c1-12(2)13-6-5-7-14(10-13)20-17(25)11-26-19-23-22-18-21-15-8-3-4-9-16(15)24(18)19/h3-10,12H,11H2,1-2H3,(H,20,25)(H,21,22). The van der Waals surface area contributed by atoms with Crippen LogP contribution >= 0.6 is 11.8 Å². The fraction of sp³-hybridized carbons (Fsp3) is 0.211. The number of amides is 1. The van der Waals surface area contributed by atoms with E-state index in [0.717, 1.165) is 21.9 Å². The minimum Gasteiger partial charge on any atom is -0.325 e. The summed E-state index contributed by atoms with van der Waals surface area (Å²) < 4.78 is 1.94. The van der Waals surface area contributed by atoms with Crippen LogP contribution in [-0.2, 0) is 4.79 Å². The molecule has 2 aromatic heterocycles. The Balaban J connectivity index is 1.48. The predicted octanol–water partition coefficient (Wildman–Crippen LogP) is 4.06. The lowest BCUT2D eigenvalue weighted by atomic mass is 10.0. The van der Waals surface area contributed by atoms with Gasteiger partial charge in [-0.2, -0.15) is 0 Å². The molecule has 7 heteroatoms. The number of carbonyl (C=O) groups is 1. The van der Waals surface area contributed by atoms with Gasteiger partial charge in [0.1, 0.15) is 0 Å². The van der Waals surface area contributed by atoms with Crippen LogP contribution in [0.25, 0.3) is 16.8 Å². The predicted molar refractivity (Wildman–Crippen MR) is 105 cm³/mol. The van der Waals surface area contributed by atoms with Gasteiger partial charge in [0.2, 0.25) is 11.7 Å². The molecule has 4 rings (SSSR count). The SMILES string of the molecule is CC(C)c1cccc(NC(=O)CSc2n[nH]c3nc4ccccc4n23)c1. The zero-order chi connectivity index (χ0) is 18.1. The van der Waals surface area contributed by atoms with Crippen molar-refractivity contribution in [3.8, 4) is 0 Å². The molecule has 0 aliphatic carbocycles. The Labute approximate surface area is 155 Å². The number of hydrogen-bond donors (Lipinski definition) is 2. The van der Waals surface area contributed by atoms with Crippen LogP contribution < -0.4 is 5.32 Å². The van der Waals surface area contributed by atoms with Crippen molar-refractivity contribution in [2.75, 3.05) is 11.1 Å². The van der Waals surface area contributed by atoms with E-state index in [2.05, 4.69) is 40.4 Å². The monoisotopic (exact) mass is 365 g/mol. The van der Waals surface area contributed by atoms with Crippen LogP contribution in [0.15, 0.2) is 53.7 Å². The van der Waals surface area contributed by atoms with Crippen LogP contribution in [0.1, 0.15) is 25.3 Å². The van der Waals surface area contributed by atoms with E-state index < -0.39 is 0 Å². The molecule has 0 spiro atoms. The van der Waals surface area contributed by atoms with E-state index in [0.29, 0.717) is 11.7 Å². The van der Waals surface area contributed by atoms with E-state index in [1.165, 1.54) is 17.3 Å². The van der Waals surface area contributed by atoms with Crippen molar-refractivity contribution in [3.05, 3.63) is 54.1 Å². The second-order valence-electron chi connectivity index (χ2n) is 6.38. The third-order valence-electron chi connectivity index (χ3n) is 4.17. The van der Waals surface area contributed by atoms with E-state index in [-0.39, 0.29) is 11.7 Å². The quantitative estimate of drug-likeness (QED) is 0.523. The molecule has 2 heterocycles. The number of benzene rings is 2. The molecule has 0 atom stereocenters. The highest BCUT2D eigenvalue weighted by Crippen LogP contribution is 2.23. The van der Waals surface area contributed by atoms with E-state index in [9.17, 15) is 4.79 Å². The number of thioether (sulfide) groups is 1. The minimum absolute atomic E-state index is 0.0588. The number of nitrogens with one attached hydrogen (secondary N) is 2. The molecule has 0 saturated heterocycles. The van der Waals surface area contributed by atoms with Crippen molar-refractivity contribution in [2.45, 2.75) is 24.9 Å². The highest BCUT2D eigenvalue weighted by atomic mass is 32.2. The van der Waals surface area contributed by atoms with Crippen molar-refractivity contribution >= 4 is 40.2 Å². The van der Waals surface area contributed by atoms with Gasteiger partial charge in [-0.25, -0.2) is 10.1 Å². The first-order valence-corrected chi connectivity index (χ1v) is 9.44. The van der Waals surface area contributed by atoms with Crippen LogP contribution in [0.2, 0.25) is 0 Å². The Bertz CT molecular complexity index is 1080. The number of imidazole rings is 1. The summed E-state index contributed by atoms with van der Waals surface area (Å²) in [7, 11) is 0. The molecule has 0 unspecified atom stereocenters. The molecule has 1 amide bonds.